The number of rotatable bonds is 17. The van der Waals surface area contributed by atoms with Gasteiger partial charge >= 0.3 is 18.1 Å². The molecule has 0 aliphatic carbocycles. The van der Waals surface area contributed by atoms with Gasteiger partial charge in [0.15, 0.2) is 0 Å². The lowest BCUT2D eigenvalue weighted by atomic mass is 10.0. The van der Waals surface area contributed by atoms with Gasteiger partial charge in [-0.2, -0.15) is 33.7 Å². The van der Waals surface area contributed by atoms with E-state index < -0.39 is 41.4 Å². The van der Waals surface area contributed by atoms with Gasteiger partial charge in [-0.3, -0.25) is 9.00 Å². The Bertz CT molecular complexity index is 1040. The van der Waals surface area contributed by atoms with Crippen molar-refractivity contribution in [2.75, 3.05) is 27.7 Å². The lowest BCUT2D eigenvalue weighted by molar-refractivity contribution is -0.284. The number of imide groups is 1. The van der Waals surface area contributed by atoms with Crippen LogP contribution in [0.5, 0.6) is 0 Å². The smallest absolute Gasteiger partial charge is 0.453 e. The van der Waals surface area contributed by atoms with Crippen molar-refractivity contribution in [3.8, 4) is 0 Å². The summed E-state index contributed by atoms with van der Waals surface area (Å²) in [5.41, 5.74) is 0.294. The van der Waals surface area contributed by atoms with E-state index in [0.29, 0.717) is 23.5 Å². The second kappa shape index (κ2) is 14.8. The number of nitrogens with one attached hydrogen (secondary N) is 1. The van der Waals surface area contributed by atoms with Gasteiger partial charge in [-0.1, -0.05) is 32.1 Å². The zero-order valence-electron chi connectivity index (χ0n) is 23.0. The topological polar surface area (TPSA) is 92.8 Å². The first kappa shape index (κ1) is 34.3. The molecular weight excluding hydrogens is 577 g/mol. The van der Waals surface area contributed by atoms with E-state index >= 15 is 0 Å². The molecule has 7 nitrogen and oxygen atoms in total. The Morgan fingerprint density at radius 3 is 2.10 bits per heavy atom. The van der Waals surface area contributed by atoms with Crippen LogP contribution in [0.4, 0.5) is 38.1 Å². The van der Waals surface area contributed by atoms with E-state index in [9.17, 15) is 40.3 Å². The first-order chi connectivity index (χ1) is 18.6. The van der Waals surface area contributed by atoms with Gasteiger partial charge in [0.1, 0.15) is 5.54 Å². The molecule has 3 amide bonds. The van der Waals surface area contributed by atoms with E-state index in [1.54, 1.807) is 31.7 Å². The van der Waals surface area contributed by atoms with Crippen molar-refractivity contribution in [1.29, 1.82) is 0 Å². The van der Waals surface area contributed by atoms with E-state index in [0.717, 1.165) is 55.6 Å². The fourth-order valence-corrected chi connectivity index (χ4v) is 5.80. The van der Waals surface area contributed by atoms with Crippen LogP contribution in [-0.2, 0) is 16.1 Å². The van der Waals surface area contributed by atoms with E-state index in [2.05, 4.69) is 4.72 Å². The summed E-state index contributed by atoms with van der Waals surface area (Å²) < 4.78 is 86.2. The number of halogens is 5. The molecule has 1 aliphatic heterocycles. The minimum absolute atomic E-state index is 0.175. The molecule has 1 aliphatic rings. The Morgan fingerprint density at radius 2 is 1.52 bits per heavy atom. The van der Waals surface area contributed by atoms with Crippen molar-refractivity contribution >= 4 is 46.3 Å². The number of unbranched alkanes of at least 4 members (excludes halogenated alkanes) is 6. The van der Waals surface area contributed by atoms with E-state index in [1.165, 1.54) is 23.9 Å². The van der Waals surface area contributed by atoms with Gasteiger partial charge in [-0.25, -0.2) is 9.69 Å². The minimum Gasteiger partial charge on any atom is -0.755 e. The lowest BCUT2D eigenvalue weighted by Gasteiger charge is -2.27. The Kier molecular flexibility index (Phi) is 12.7. The van der Waals surface area contributed by atoms with Crippen LogP contribution in [0.25, 0.3) is 0 Å². The Hall–Kier alpha value is -1.93. The molecule has 0 saturated carbocycles. The monoisotopic (exact) mass is 614 g/mol. The largest absolute Gasteiger partial charge is 0.755 e. The van der Waals surface area contributed by atoms with Gasteiger partial charge in [-0.05, 0) is 75.3 Å². The van der Waals surface area contributed by atoms with Crippen LogP contribution in [0.15, 0.2) is 18.2 Å². The summed E-state index contributed by atoms with van der Waals surface area (Å²) in [6.45, 7) is 5.51. The predicted octanol–water partition coefficient (Wildman–Crippen LogP) is 7.19. The number of thioether (sulfide) groups is 1. The number of urea groups is 1. The van der Waals surface area contributed by atoms with Gasteiger partial charge in [0.25, 0.3) is 5.91 Å². The van der Waals surface area contributed by atoms with Gasteiger partial charge in [0.2, 0.25) is 0 Å². The molecule has 0 aromatic heterocycles. The fraction of sp³-hybridized carbons (Fsp3) is 0.692. The summed E-state index contributed by atoms with van der Waals surface area (Å²) in [5, 5.41) is 0. The Balaban J connectivity index is 1.65. The highest BCUT2D eigenvalue weighted by Gasteiger charge is 2.56. The summed E-state index contributed by atoms with van der Waals surface area (Å²) in [5.74, 6) is -3.96. The molecule has 1 aromatic carbocycles. The van der Waals surface area contributed by atoms with Crippen LogP contribution in [0.1, 0.15) is 77.2 Å². The number of aryl methyl sites for hydroxylation is 1. The molecule has 1 unspecified atom stereocenters. The highest BCUT2D eigenvalue weighted by atomic mass is 32.2. The predicted molar refractivity (Wildman–Crippen MR) is 147 cm³/mol. The molecule has 1 aromatic rings. The summed E-state index contributed by atoms with van der Waals surface area (Å²) in [6.07, 6.45) is -0.478. The summed E-state index contributed by atoms with van der Waals surface area (Å²) in [6, 6.07) is 4.22. The number of carbonyl (C=O) groups is 2. The first-order valence-corrected chi connectivity index (χ1v) is 15.5. The minimum atomic E-state index is -5.48. The first-order valence-electron chi connectivity index (χ1n) is 13.2. The van der Waals surface area contributed by atoms with E-state index in [1.807, 2.05) is 0 Å². The summed E-state index contributed by atoms with van der Waals surface area (Å²) >= 11 is -1.09. The SMILES string of the molecule is Cc1cc(N2C(=O)N(CCCCCCCCCSCCCC(F)(F)C(F)(F)F)C(C)(C)C2=O)ccc1NS(=O)[O-]. The van der Waals surface area contributed by atoms with Crippen LogP contribution in [0, 0.1) is 6.92 Å². The molecule has 1 heterocycles. The van der Waals surface area contributed by atoms with E-state index in [4.69, 9.17) is 0 Å². The number of benzene rings is 1. The van der Waals surface area contributed by atoms with Crippen LogP contribution >= 0.6 is 11.8 Å². The summed E-state index contributed by atoms with van der Waals surface area (Å²) in [7, 11) is 0. The number of hydrogen-bond acceptors (Lipinski definition) is 5. The normalized spacial score (nSPS) is 16.6. The molecule has 1 N–H and O–H groups in total. The molecule has 1 saturated heterocycles. The van der Waals surface area contributed by atoms with Crippen molar-refractivity contribution in [2.45, 2.75) is 96.2 Å². The fourth-order valence-electron chi connectivity index (χ4n) is 4.43. The van der Waals surface area contributed by atoms with Crippen LogP contribution in [-0.4, -0.2) is 61.3 Å². The average Bonchev–Trinajstić information content (AvgIpc) is 3.01. The number of carbonyl (C=O) groups excluding carboxylic acids is 2. The number of hydrogen-bond donors (Lipinski definition) is 1. The molecule has 0 radical (unpaired) electrons. The number of alkyl halides is 5. The van der Waals surface area contributed by atoms with Gasteiger partial charge in [0.05, 0.1) is 5.69 Å². The zero-order valence-corrected chi connectivity index (χ0v) is 24.6. The standard InChI is InChI=1S/C26H38F5N3O4S2/c1-19-18-20(12-13-21(19)32-40(37)38)34-22(35)24(2,3)33(23(34)36)15-9-7-5-4-6-8-10-16-39-17-11-14-25(27,28)26(29,30)31/h12-13,18,32H,4-11,14-17H2,1-3H3,(H,37,38)/p-1. The van der Waals surface area contributed by atoms with Crippen molar-refractivity contribution in [2.24, 2.45) is 0 Å². The van der Waals surface area contributed by atoms with Crippen molar-refractivity contribution in [3.05, 3.63) is 23.8 Å². The van der Waals surface area contributed by atoms with Crippen LogP contribution in [0.3, 0.4) is 0 Å². The quantitative estimate of drug-likeness (QED) is 0.0868. The van der Waals surface area contributed by atoms with Crippen LogP contribution < -0.4 is 9.62 Å². The zero-order chi connectivity index (χ0) is 30.1. The molecule has 0 bridgehead atoms. The Labute approximate surface area is 239 Å². The number of anilines is 2. The molecule has 40 heavy (non-hydrogen) atoms. The highest BCUT2D eigenvalue weighted by molar-refractivity contribution is 7.99. The summed E-state index contributed by atoms with van der Waals surface area (Å²) in [4.78, 5) is 28.9. The third kappa shape index (κ3) is 9.30. The number of amides is 3. The molecule has 14 heteroatoms. The Morgan fingerprint density at radius 1 is 0.950 bits per heavy atom. The molecular formula is C26H37F5N3O4S2-. The molecule has 2 rings (SSSR count). The van der Waals surface area contributed by atoms with Gasteiger partial charge in [0, 0.05) is 29.9 Å². The van der Waals surface area contributed by atoms with E-state index in [-0.39, 0.29) is 18.1 Å². The maximum atomic E-state index is 13.2. The second-order valence-electron chi connectivity index (χ2n) is 10.4. The average molecular weight is 615 g/mol. The van der Waals surface area contributed by atoms with Gasteiger partial charge in [-0.15, -0.1) is 0 Å². The maximum Gasteiger partial charge on any atom is 0.453 e. The van der Waals surface area contributed by atoms with Crippen LogP contribution in [0.2, 0.25) is 0 Å². The third-order valence-electron chi connectivity index (χ3n) is 6.85. The maximum absolute atomic E-state index is 13.2. The molecule has 1 fully saturated rings. The lowest BCUT2D eigenvalue weighted by Crippen LogP contribution is -2.44. The van der Waals surface area contributed by atoms with Gasteiger partial charge < -0.3 is 14.2 Å². The third-order valence-corrected chi connectivity index (χ3v) is 8.39. The molecule has 0 spiro atoms. The highest BCUT2D eigenvalue weighted by Crippen LogP contribution is 2.39. The van der Waals surface area contributed by atoms with Crippen molar-refractivity contribution < 1.29 is 40.3 Å². The molecule has 228 valence electrons. The van der Waals surface area contributed by atoms with Crippen molar-refractivity contribution in [1.82, 2.24) is 4.90 Å². The molecule has 1 atom stereocenters. The second-order valence-corrected chi connectivity index (χ2v) is 12.3. The number of nitrogens with zero attached hydrogens (tertiary/aromatic N) is 2. The van der Waals surface area contributed by atoms with Crippen molar-refractivity contribution in [3.63, 3.8) is 0 Å².